The summed E-state index contributed by atoms with van der Waals surface area (Å²) in [5.41, 5.74) is 2.41. The molecule has 0 fully saturated rings. The second-order valence-corrected chi connectivity index (χ2v) is 2.86. The fourth-order valence-electron chi connectivity index (χ4n) is 1.48. The maximum atomic E-state index is 11.1. The van der Waals surface area contributed by atoms with Crippen LogP contribution in [0.15, 0.2) is 11.1 Å². The molecule has 0 aromatic heterocycles. The fraction of sp³-hybridized carbons (Fsp3) is 0.667. The van der Waals surface area contributed by atoms with Gasteiger partial charge >= 0.3 is 0 Å². The Morgan fingerprint density at radius 3 is 2.60 bits per heavy atom. The highest BCUT2D eigenvalue weighted by atomic mass is 16.1. The van der Waals surface area contributed by atoms with E-state index >= 15 is 0 Å². The Morgan fingerprint density at radius 2 is 2.10 bits per heavy atom. The maximum absolute atomic E-state index is 11.1. The van der Waals surface area contributed by atoms with Crippen LogP contribution in [0.2, 0.25) is 0 Å². The van der Waals surface area contributed by atoms with Gasteiger partial charge in [0.05, 0.1) is 0 Å². The zero-order chi connectivity index (χ0) is 7.56. The highest BCUT2D eigenvalue weighted by molar-refractivity contribution is 5.96. The van der Waals surface area contributed by atoms with Gasteiger partial charge in [-0.15, -0.1) is 0 Å². The van der Waals surface area contributed by atoms with E-state index in [0.717, 1.165) is 31.3 Å². The van der Waals surface area contributed by atoms with Gasteiger partial charge in [0.25, 0.3) is 0 Å². The van der Waals surface area contributed by atoms with E-state index in [2.05, 4.69) is 6.92 Å². The summed E-state index contributed by atoms with van der Waals surface area (Å²) < 4.78 is 0. The molecule has 0 bridgehead atoms. The van der Waals surface area contributed by atoms with Crippen LogP contribution in [0.25, 0.3) is 0 Å². The normalized spacial score (nSPS) is 20.0. The van der Waals surface area contributed by atoms with Gasteiger partial charge in [0, 0.05) is 6.42 Å². The highest BCUT2D eigenvalue weighted by Crippen LogP contribution is 2.23. The van der Waals surface area contributed by atoms with Gasteiger partial charge in [-0.25, -0.2) is 0 Å². The lowest BCUT2D eigenvalue weighted by atomic mass is 9.90. The summed E-state index contributed by atoms with van der Waals surface area (Å²) in [6, 6.07) is 0. The first-order chi connectivity index (χ1) is 4.75. The number of hydrogen-bond donors (Lipinski definition) is 0. The van der Waals surface area contributed by atoms with Crippen molar-refractivity contribution in [1.29, 1.82) is 0 Å². The van der Waals surface area contributed by atoms with Gasteiger partial charge in [-0.2, -0.15) is 0 Å². The minimum Gasteiger partial charge on any atom is -0.295 e. The third-order valence-electron chi connectivity index (χ3n) is 2.26. The molecule has 0 saturated heterocycles. The summed E-state index contributed by atoms with van der Waals surface area (Å²) in [5.74, 6) is 0.364. The Labute approximate surface area is 62.1 Å². The molecular formula is C9H14O. The molecule has 10 heavy (non-hydrogen) atoms. The topological polar surface area (TPSA) is 17.1 Å². The Balaban J connectivity index is 2.82. The smallest absolute Gasteiger partial charge is 0.158 e. The molecule has 1 nitrogen and oxygen atoms in total. The summed E-state index contributed by atoms with van der Waals surface area (Å²) in [5, 5.41) is 0. The van der Waals surface area contributed by atoms with Crippen molar-refractivity contribution in [2.75, 3.05) is 0 Å². The summed E-state index contributed by atoms with van der Waals surface area (Å²) in [7, 11) is 0. The average molecular weight is 138 g/mol. The van der Waals surface area contributed by atoms with Crippen molar-refractivity contribution in [2.24, 2.45) is 0 Å². The van der Waals surface area contributed by atoms with Gasteiger partial charge in [0.1, 0.15) is 0 Å². The molecule has 0 atom stereocenters. The van der Waals surface area contributed by atoms with E-state index in [1.807, 2.05) is 6.92 Å². The van der Waals surface area contributed by atoms with Crippen LogP contribution < -0.4 is 0 Å². The summed E-state index contributed by atoms with van der Waals surface area (Å²) >= 11 is 0. The molecule has 0 saturated carbocycles. The van der Waals surface area contributed by atoms with E-state index in [1.165, 1.54) is 5.57 Å². The molecule has 0 aromatic rings. The second kappa shape index (κ2) is 3.00. The molecule has 0 heterocycles. The number of carbonyl (C=O) groups excluding carboxylic acids is 1. The van der Waals surface area contributed by atoms with Crippen molar-refractivity contribution < 1.29 is 4.79 Å². The fourth-order valence-corrected chi connectivity index (χ4v) is 1.48. The molecule has 0 aromatic carbocycles. The first kappa shape index (κ1) is 7.52. The first-order valence-electron chi connectivity index (χ1n) is 3.97. The Hall–Kier alpha value is -0.590. The van der Waals surface area contributed by atoms with Crippen LogP contribution in [-0.2, 0) is 4.79 Å². The van der Waals surface area contributed by atoms with Gasteiger partial charge in [-0.3, -0.25) is 4.79 Å². The molecule has 0 spiro atoms. The van der Waals surface area contributed by atoms with Gasteiger partial charge in [-0.1, -0.05) is 12.5 Å². The number of Topliss-reactive ketones (excluding diaryl/α,β-unsaturated/α-hetero) is 1. The number of carbonyl (C=O) groups is 1. The van der Waals surface area contributed by atoms with Crippen LogP contribution in [0.4, 0.5) is 0 Å². The number of hydrogen-bond acceptors (Lipinski definition) is 1. The standard InChI is InChI=1S/C9H14O/c1-3-8-5-4-6-9(10)7(8)2/h3-6H2,1-2H3. The Bertz CT molecular complexity index is 177. The zero-order valence-electron chi connectivity index (χ0n) is 6.74. The van der Waals surface area contributed by atoms with E-state index in [-0.39, 0.29) is 0 Å². The van der Waals surface area contributed by atoms with Crippen LogP contribution in [0.5, 0.6) is 0 Å². The minimum absolute atomic E-state index is 0.364. The third-order valence-corrected chi connectivity index (χ3v) is 2.26. The highest BCUT2D eigenvalue weighted by Gasteiger charge is 2.14. The predicted octanol–water partition coefficient (Wildman–Crippen LogP) is 2.47. The molecule has 0 aliphatic heterocycles. The molecule has 0 amide bonds. The Kier molecular flexibility index (Phi) is 2.25. The summed E-state index contributed by atoms with van der Waals surface area (Å²) in [6.07, 6.45) is 4.04. The molecule has 1 heteroatoms. The largest absolute Gasteiger partial charge is 0.295 e. The van der Waals surface area contributed by atoms with Crippen molar-refractivity contribution in [3.05, 3.63) is 11.1 Å². The molecule has 1 rings (SSSR count). The number of allylic oxidation sites excluding steroid dienone is 2. The van der Waals surface area contributed by atoms with Crippen LogP contribution >= 0.6 is 0 Å². The number of rotatable bonds is 1. The zero-order valence-corrected chi connectivity index (χ0v) is 6.74. The van der Waals surface area contributed by atoms with E-state index < -0.39 is 0 Å². The quantitative estimate of drug-likeness (QED) is 0.544. The van der Waals surface area contributed by atoms with Gasteiger partial charge in [-0.05, 0) is 31.8 Å². The molecule has 0 unspecified atom stereocenters. The lowest BCUT2D eigenvalue weighted by molar-refractivity contribution is -0.116. The second-order valence-electron chi connectivity index (χ2n) is 2.86. The van der Waals surface area contributed by atoms with Crippen molar-refractivity contribution in [2.45, 2.75) is 39.5 Å². The van der Waals surface area contributed by atoms with Crippen LogP contribution in [0, 0.1) is 0 Å². The molecule has 1 aliphatic carbocycles. The average Bonchev–Trinajstić information content (AvgIpc) is 1.95. The molecular weight excluding hydrogens is 124 g/mol. The molecule has 56 valence electrons. The molecule has 1 aliphatic rings. The van der Waals surface area contributed by atoms with Crippen molar-refractivity contribution >= 4 is 5.78 Å². The lowest BCUT2D eigenvalue weighted by Gasteiger charge is -2.14. The van der Waals surface area contributed by atoms with Gasteiger partial charge in [0.15, 0.2) is 5.78 Å². The van der Waals surface area contributed by atoms with Gasteiger partial charge in [0.2, 0.25) is 0 Å². The van der Waals surface area contributed by atoms with Crippen molar-refractivity contribution in [3.8, 4) is 0 Å². The SMILES string of the molecule is CCC1=C(C)C(=O)CCC1. The van der Waals surface area contributed by atoms with Crippen molar-refractivity contribution in [1.82, 2.24) is 0 Å². The number of ketones is 1. The summed E-state index contributed by atoms with van der Waals surface area (Å²) in [6.45, 7) is 4.08. The van der Waals surface area contributed by atoms with E-state index in [9.17, 15) is 4.79 Å². The van der Waals surface area contributed by atoms with Crippen molar-refractivity contribution in [3.63, 3.8) is 0 Å². The van der Waals surface area contributed by atoms with Crippen LogP contribution in [-0.4, -0.2) is 5.78 Å². The maximum Gasteiger partial charge on any atom is 0.158 e. The van der Waals surface area contributed by atoms with E-state index in [4.69, 9.17) is 0 Å². The van der Waals surface area contributed by atoms with E-state index in [0.29, 0.717) is 5.78 Å². The monoisotopic (exact) mass is 138 g/mol. The Morgan fingerprint density at radius 1 is 1.40 bits per heavy atom. The lowest BCUT2D eigenvalue weighted by Crippen LogP contribution is -2.08. The third kappa shape index (κ3) is 1.28. The van der Waals surface area contributed by atoms with Gasteiger partial charge < -0.3 is 0 Å². The van der Waals surface area contributed by atoms with Crippen LogP contribution in [0.3, 0.4) is 0 Å². The van der Waals surface area contributed by atoms with E-state index in [1.54, 1.807) is 0 Å². The predicted molar refractivity (Wildman–Crippen MR) is 41.8 cm³/mol. The minimum atomic E-state index is 0.364. The molecule has 0 N–H and O–H groups in total. The van der Waals surface area contributed by atoms with Crippen LogP contribution in [0.1, 0.15) is 39.5 Å². The molecule has 0 radical (unpaired) electrons. The summed E-state index contributed by atoms with van der Waals surface area (Å²) in [4.78, 5) is 11.1. The first-order valence-corrected chi connectivity index (χ1v) is 3.97.